The van der Waals surface area contributed by atoms with Crippen molar-refractivity contribution in [1.29, 1.82) is 0 Å². The maximum absolute atomic E-state index is 13.4. The molecule has 0 aliphatic heterocycles. The topological polar surface area (TPSA) is 94.3 Å². The minimum Gasteiger partial charge on any atom is -0.456 e. The van der Waals surface area contributed by atoms with Crippen molar-refractivity contribution in [2.75, 3.05) is 5.32 Å². The highest BCUT2D eigenvalue weighted by Crippen LogP contribution is 2.38. The number of primary amides is 1. The fraction of sp³-hybridized carbons (Fsp3) is 0.0952. The summed E-state index contributed by atoms with van der Waals surface area (Å²) in [6.07, 6.45) is -3.53. The van der Waals surface area contributed by atoms with E-state index in [0.717, 1.165) is 31.2 Å². The van der Waals surface area contributed by atoms with Gasteiger partial charge in [0, 0.05) is 18.0 Å². The van der Waals surface area contributed by atoms with Crippen molar-refractivity contribution >= 4 is 29.1 Å². The second-order valence-corrected chi connectivity index (χ2v) is 6.94. The molecule has 0 atom stereocenters. The first-order valence-electron chi connectivity index (χ1n) is 8.88. The maximum atomic E-state index is 13.4. The molecule has 0 bridgehead atoms. The third kappa shape index (κ3) is 4.97. The summed E-state index contributed by atoms with van der Waals surface area (Å²) in [5, 5.41) is 2.13. The van der Waals surface area contributed by atoms with Crippen LogP contribution < -0.4 is 15.8 Å². The second kappa shape index (κ2) is 8.83. The van der Waals surface area contributed by atoms with Gasteiger partial charge in [-0.05, 0) is 48.9 Å². The number of rotatable bonds is 5. The van der Waals surface area contributed by atoms with Crippen molar-refractivity contribution in [2.24, 2.45) is 5.73 Å². The average molecular weight is 468 g/mol. The number of alkyl halides is 3. The van der Waals surface area contributed by atoms with Crippen molar-refractivity contribution in [3.05, 3.63) is 81.9 Å². The van der Waals surface area contributed by atoms with Gasteiger partial charge in [-0.2, -0.15) is 13.2 Å². The molecule has 2 aromatic carbocycles. The zero-order valence-corrected chi connectivity index (χ0v) is 17.0. The molecule has 11 heteroatoms. The highest BCUT2D eigenvalue weighted by Gasteiger charge is 2.35. The molecule has 3 aromatic rings. The lowest BCUT2D eigenvalue weighted by molar-refractivity contribution is -0.138. The van der Waals surface area contributed by atoms with E-state index < -0.39 is 40.5 Å². The summed E-state index contributed by atoms with van der Waals surface area (Å²) < 4.78 is 59.2. The Labute approximate surface area is 184 Å². The van der Waals surface area contributed by atoms with Crippen molar-refractivity contribution < 1.29 is 31.9 Å². The molecule has 3 N–H and O–H groups in total. The SMILES string of the molecule is Cc1c(C(F)(F)F)ccc(Oc2ccc(F)c(Cl)c2)c1C(=O)Nc1ccnc(C(N)=O)c1. The van der Waals surface area contributed by atoms with E-state index in [9.17, 15) is 27.2 Å². The van der Waals surface area contributed by atoms with Gasteiger partial charge < -0.3 is 15.8 Å². The van der Waals surface area contributed by atoms with Crippen molar-refractivity contribution in [3.63, 3.8) is 0 Å². The number of carbonyl (C=O) groups excluding carboxylic acids is 2. The van der Waals surface area contributed by atoms with Gasteiger partial charge in [0.05, 0.1) is 16.1 Å². The van der Waals surface area contributed by atoms with Gasteiger partial charge in [0.15, 0.2) is 0 Å². The molecular weight excluding hydrogens is 454 g/mol. The van der Waals surface area contributed by atoms with E-state index in [4.69, 9.17) is 22.1 Å². The van der Waals surface area contributed by atoms with Crippen LogP contribution >= 0.6 is 11.6 Å². The lowest BCUT2D eigenvalue weighted by Gasteiger charge is -2.18. The molecule has 32 heavy (non-hydrogen) atoms. The Bertz CT molecular complexity index is 1220. The summed E-state index contributed by atoms with van der Waals surface area (Å²) >= 11 is 5.72. The Morgan fingerprint density at radius 3 is 2.47 bits per heavy atom. The number of nitrogens with zero attached hydrogens (tertiary/aromatic N) is 1. The number of pyridine rings is 1. The molecule has 2 amide bonds. The molecule has 0 saturated heterocycles. The molecule has 166 valence electrons. The highest BCUT2D eigenvalue weighted by molar-refractivity contribution is 6.30. The normalized spacial score (nSPS) is 11.2. The van der Waals surface area contributed by atoms with Gasteiger partial charge in [-0.1, -0.05) is 11.6 Å². The van der Waals surface area contributed by atoms with Gasteiger partial charge in [-0.15, -0.1) is 0 Å². The smallest absolute Gasteiger partial charge is 0.416 e. The van der Waals surface area contributed by atoms with Crippen LogP contribution in [-0.2, 0) is 6.18 Å². The number of anilines is 1. The molecule has 1 heterocycles. The summed E-state index contributed by atoms with van der Waals surface area (Å²) in [5.74, 6) is -2.74. The fourth-order valence-corrected chi connectivity index (χ4v) is 3.04. The number of nitrogens with one attached hydrogen (secondary N) is 1. The molecule has 0 aliphatic rings. The molecule has 0 unspecified atom stereocenters. The van der Waals surface area contributed by atoms with E-state index in [1.807, 2.05) is 0 Å². The van der Waals surface area contributed by atoms with E-state index in [-0.39, 0.29) is 27.9 Å². The van der Waals surface area contributed by atoms with Crippen LogP contribution in [0.5, 0.6) is 11.5 Å². The fourth-order valence-electron chi connectivity index (χ4n) is 2.87. The zero-order chi connectivity index (χ0) is 23.6. The molecule has 6 nitrogen and oxygen atoms in total. The lowest BCUT2D eigenvalue weighted by Crippen LogP contribution is -2.19. The largest absolute Gasteiger partial charge is 0.456 e. The Morgan fingerprint density at radius 2 is 1.84 bits per heavy atom. The molecule has 0 saturated carbocycles. The Balaban J connectivity index is 2.06. The zero-order valence-electron chi connectivity index (χ0n) is 16.3. The van der Waals surface area contributed by atoms with Crippen molar-refractivity contribution in [3.8, 4) is 11.5 Å². The number of amides is 2. The van der Waals surface area contributed by atoms with Crippen LogP contribution in [0.25, 0.3) is 0 Å². The first-order valence-corrected chi connectivity index (χ1v) is 9.26. The number of benzene rings is 2. The number of carbonyl (C=O) groups is 2. The van der Waals surface area contributed by atoms with Gasteiger partial charge in [-0.25, -0.2) is 4.39 Å². The van der Waals surface area contributed by atoms with E-state index in [1.54, 1.807) is 0 Å². The summed E-state index contributed by atoms with van der Waals surface area (Å²) in [4.78, 5) is 28.0. The van der Waals surface area contributed by atoms with Gasteiger partial charge in [0.1, 0.15) is 23.0 Å². The van der Waals surface area contributed by atoms with Gasteiger partial charge in [-0.3, -0.25) is 14.6 Å². The lowest BCUT2D eigenvalue weighted by atomic mass is 10.00. The van der Waals surface area contributed by atoms with E-state index in [0.29, 0.717) is 0 Å². The Hall–Kier alpha value is -3.66. The first kappa shape index (κ1) is 23.0. The van der Waals surface area contributed by atoms with Crippen LogP contribution in [0.4, 0.5) is 23.2 Å². The van der Waals surface area contributed by atoms with Crippen LogP contribution in [0.2, 0.25) is 5.02 Å². The third-order valence-electron chi connectivity index (χ3n) is 4.35. The minimum atomic E-state index is -4.73. The summed E-state index contributed by atoms with van der Waals surface area (Å²) in [7, 11) is 0. The Morgan fingerprint density at radius 1 is 1.12 bits per heavy atom. The molecule has 1 aromatic heterocycles. The van der Waals surface area contributed by atoms with E-state index in [2.05, 4.69) is 10.3 Å². The van der Waals surface area contributed by atoms with Crippen LogP contribution in [0.15, 0.2) is 48.7 Å². The minimum absolute atomic E-state index is 0.00420. The van der Waals surface area contributed by atoms with Crippen LogP contribution in [-0.4, -0.2) is 16.8 Å². The molecule has 0 fully saturated rings. The van der Waals surface area contributed by atoms with Crippen molar-refractivity contribution in [2.45, 2.75) is 13.1 Å². The number of aromatic nitrogens is 1. The van der Waals surface area contributed by atoms with Crippen LogP contribution in [0.1, 0.15) is 32.0 Å². The predicted octanol–water partition coefficient (Wildman–Crippen LogP) is 5.34. The van der Waals surface area contributed by atoms with Gasteiger partial charge in [0.25, 0.3) is 11.8 Å². The molecular formula is C21H14ClF4N3O3. The van der Waals surface area contributed by atoms with E-state index in [1.165, 1.54) is 24.4 Å². The molecule has 0 aliphatic carbocycles. The van der Waals surface area contributed by atoms with Gasteiger partial charge >= 0.3 is 6.18 Å². The number of ether oxygens (including phenoxy) is 1. The van der Waals surface area contributed by atoms with Crippen molar-refractivity contribution in [1.82, 2.24) is 4.98 Å². The summed E-state index contributed by atoms with van der Waals surface area (Å²) in [6.45, 7) is 1.11. The average Bonchev–Trinajstić information content (AvgIpc) is 2.70. The van der Waals surface area contributed by atoms with E-state index >= 15 is 0 Å². The first-order chi connectivity index (χ1) is 15.0. The molecule has 3 rings (SSSR count). The summed E-state index contributed by atoms with van der Waals surface area (Å²) in [6, 6.07) is 7.58. The molecule has 0 spiro atoms. The quantitative estimate of drug-likeness (QED) is 0.495. The monoisotopic (exact) mass is 467 g/mol. The van der Waals surface area contributed by atoms with Crippen LogP contribution in [0, 0.1) is 12.7 Å². The summed E-state index contributed by atoms with van der Waals surface area (Å²) in [5.41, 5.74) is 3.22. The maximum Gasteiger partial charge on any atom is 0.416 e. The standard InChI is InChI=1S/C21H14ClF4N3O3/c1-10-13(21(24,25)26)3-5-17(32-12-2-4-15(23)14(22)9-12)18(10)20(31)29-11-6-7-28-16(8-11)19(27)30/h2-9H,1H3,(H2,27,30)(H,28,29,31). The van der Waals surface area contributed by atoms with Crippen LogP contribution in [0.3, 0.4) is 0 Å². The Kier molecular flexibility index (Phi) is 6.35. The predicted molar refractivity (Wildman–Crippen MR) is 108 cm³/mol. The second-order valence-electron chi connectivity index (χ2n) is 6.54. The van der Waals surface area contributed by atoms with Gasteiger partial charge in [0.2, 0.25) is 0 Å². The number of nitrogens with two attached hydrogens (primary N) is 1. The third-order valence-corrected chi connectivity index (χ3v) is 4.64. The number of hydrogen-bond acceptors (Lipinski definition) is 4. The molecule has 0 radical (unpaired) electrons. The number of halogens is 5. The highest BCUT2D eigenvalue weighted by atomic mass is 35.5. The number of hydrogen-bond donors (Lipinski definition) is 2.